The number of nitrogens with one attached hydrogen (secondary N) is 1. The largest absolute Gasteiger partial charge is 0.493 e. The molecule has 5 N–H and O–H groups in total. The van der Waals surface area contributed by atoms with Crippen molar-refractivity contribution < 1.29 is 28.6 Å². The lowest BCUT2D eigenvalue weighted by molar-refractivity contribution is -0.126. The van der Waals surface area contributed by atoms with Crippen molar-refractivity contribution in [1.82, 2.24) is 14.6 Å². The molecule has 0 aliphatic heterocycles. The molecule has 41 heavy (non-hydrogen) atoms. The molecule has 0 saturated carbocycles. The van der Waals surface area contributed by atoms with Crippen molar-refractivity contribution in [2.45, 2.75) is 19.1 Å². The van der Waals surface area contributed by atoms with Gasteiger partial charge in [-0.3, -0.25) is 14.4 Å². The maximum Gasteiger partial charge on any atom is 0.270 e. The minimum atomic E-state index is -1.18. The summed E-state index contributed by atoms with van der Waals surface area (Å²) in [6, 6.07) is 15.1. The van der Waals surface area contributed by atoms with Gasteiger partial charge in [-0.1, -0.05) is 36.4 Å². The van der Waals surface area contributed by atoms with Crippen molar-refractivity contribution >= 4 is 46.3 Å². The maximum absolute atomic E-state index is 14.2. The molecule has 0 bridgehead atoms. The van der Waals surface area contributed by atoms with E-state index in [-0.39, 0.29) is 29.3 Å². The Labute approximate surface area is 244 Å². The number of methoxy groups -OCH3 is 3. The number of ether oxygens (including phenoxy) is 3. The summed E-state index contributed by atoms with van der Waals surface area (Å²) in [5.41, 5.74) is 12.5. The first kappa shape index (κ1) is 29.4. The summed E-state index contributed by atoms with van der Waals surface area (Å²) in [4.78, 5) is 42.2. The highest BCUT2D eigenvalue weighted by Crippen LogP contribution is 2.41. The van der Waals surface area contributed by atoms with Crippen LogP contribution < -0.4 is 31.0 Å². The molecule has 11 nitrogen and oxygen atoms in total. The molecular formula is C28H29N5O6S2. The summed E-state index contributed by atoms with van der Waals surface area (Å²) in [5, 5.41) is 4.81. The van der Waals surface area contributed by atoms with Crippen molar-refractivity contribution in [2.75, 3.05) is 27.1 Å². The number of anilines is 1. The summed E-state index contributed by atoms with van der Waals surface area (Å²) >= 11 is 2.17. The van der Waals surface area contributed by atoms with E-state index in [1.165, 1.54) is 37.6 Å². The highest BCUT2D eigenvalue weighted by Gasteiger charge is 2.36. The molecule has 0 fully saturated rings. The SMILES string of the molecule is COc1cc(C(C(=O)NCc2ccccc2)N(Cc2cccs2)C(=O)c2snc(C(N)=O)c2N)cc(OC)c1OC. The van der Waals surface area contributed by atoms with E-state index < -0.39 is 23.8 Å². The number of nitrogens with zero attached hydrogens (tertiary/aromatic N) is 2. The van der Waals surface area contributed by atoms with Crippen LogP contribution in [0.4, 0.5) is 5.69 Å². The first-order valence-corrected chi connectivity index (χ1v) is 13.9. The number of amides is 3. The monoisotopic (exact) mass is 595 g/mol. The van der Waals surface area contributed by atoms with Crippen molar-refractivity contribution in [3.8, 4) is 17.2 Å². The topological polar surface area (TPSA) is 159 Å². The van der Waals surface area contributed by atoms with Crippen LogP contribution in [-0.2, 0) is 17.9 Å². The fraction of sp³-hybridized carbons (Fsp3) is 0.214. The van der Waals surface area contributed by atoms with Gasteiger partial charge >= 0.3 is 0 Å². The maximum atomic E-state index is 14.2. The summed E-state index contributed by atoms with van der Waals surface area (Å²) in [5.74, 6) is -0.986. The van der Waals surface area contributed by atoms with Crippen LogP contribution in [0.5, 0.6) is 17.2 Å². The normalized spacial score (nSPS) is 11.4. The lowest BCUT2D eigenvalue weighted by atomic mass is 10.0. The predicted octanol–water partition coefficient (Wildman–Crippen LogP) is 3.61. The van der Waals surface area contributed by atoms with Crippen LogP contribution >= 0.6 is 22.9 Å². The smallest absolute Gasteiger partial charge is 0.270 e. The van der Waals surface area contributed by atoms with E-state index in [0.29, 0.717) is 22.8 Å². The zero-order valence-electron chi connectivity index (χ0n) is 22.6. The van der Waals surface area contributed by atoms with Gasteiger partial charge in [-0.15, -0.1) is 11.3 Å². The van der Waals surface area contributed by atoms with Gasteiger partial charge in [-0.05, 0) is 46.2 Å². The zero-order valence-corrected chi connectivity index (χ0v) is 24.2. The van der Waals surface area contributed by atoms with Gasteiger partial charge < -0.3 is 35.9 Å². The Morgan fingerprint density at radius 2 is 1.68 bits per heavy atom. The number of benzene rings is 2. The Bertz CT molecular complexity index is 1500. The second kappa shape index (κ2) is 13.2. The molecule has 0 aliphatic carbocycles. The Kier molecular flexibility index (Phi) is 9.42. The Morgan fingerprint density at radius 3 is 2.22 bits per heavy atom. The molecule has 2 aromatic heterocycles. The number of thiophene rings is 1. The molecule has 0 spiro atoms. The number of aromatic nitrogens is 1. The van der Waals surface area contributed by atoms with Crippen molar-refractivity contribution in [1.29, 1.82) is 0 Å². The minimum absolute atomic E-state index is 0.0105. The third kappa shape index (κ3) is 6.42. The zero-order chi connectivity index (χ0) is 29.5. The van der Waals surface area contributed by atoms with Gasteiger partial charge in [-0.2, -0.15) is 4.37 Å². The average molecular weight is 596 g/mol. The number of nitrogens with two attached hydrogens (primary N) is 2. The van der Waals surface area contributed by atoms with Gasteiger partial charge in [0.25, 0.3) is 11.8 Å². The van der Waals surface area contributed by atoms with Gasteiger partial charge in [0.2, 0.25) is 11.7 Å². The van der Waals surface area contributed by atoms with E-state index in [0.717, 1.165) is 22.0 Å². The van der Waals surface area contributed by atoms with Crippen molar-refractivity contribution in [2.24, 2.45) is 5.73 Å². The van der Waals surface area contributed by atoms with Gasteiger partial charge in [0, 0.05) is 11.4 Å². The molecule has 2 aromatic carbocycles. The number of carbonyl (C=O) groups is 3. The lowest BCUT2D eigenvalue weighted by Crippen LogP contribution is -2.43. The van der Waals surface area contributed by atoms with Crippen molar-refractivity contribution in [3.05, 3.63) is 86.6 Å². The van der Waals surface area contributed by atoms with Gasteiger partial charge in [0.05, 0.1) is 33.6 Å². The molecule has 1 atom stereocenters. The highest BCUT2D eigenvalue weighted by atomic mass is 32.1. The lowest BCUT2D eigenvalue weighted by Gasteiger charge is -2.31. The molecule has 0 aliphatic rings. The van der Waals surface area contributed by atoms with Gasteiger partial charge in [-0.25, -0.2) is 0 Å². The summed E-state index contributed by atoms with van der Waals surface area (Å²) in [6.45, 7) is 0.274. The number of carbonyl (C=O) groups excluding carboxylic acids is 3. The second-order valence-electron chi connectivity index (χ2n) is 8.72. The number of rotatable bonds is 12. The second-order valence-corrected chi connectivity index (χ2v) is 10.5. The van der Waals surface area contributed by atoms with Crippen LogP contribution in [0.1, 0.15) is 42.2 Å². The van der Waals surface area contributed by atoms with Crippen LogP contribution in [-0.4, -0.2) is 48.3 Å². The highest BCUT2D eigenvalue weighted by molar-refractivity contribution is 7.10. The Hall–Kier alpha value is -4.62. The summed E-state index contributed by atoms with van der Waals surface area (Å²) in [7, 11) is 4.40. The first-order chi connectivity index (χ1) is 19.8. The number of nitrogen functional groups attached to an aromatic ring is 1. The van der Waals surface area contributed by atoms with E-state index >= 15 is 0 Å². The van der Waals surface area contributed by atoms with Gasteiger partial charge in [0.15, 0.2) is 17.2 Å². The molecule has 4 aromatic rings. The number of hydrogen-bond acceptors (Lipinski definition) is 10. The fourth-order valence-electron chi connectivity index (χ4n) is 4.22. The third-order valence-electron chi connectivity index (χ3n) is 6.20. The van der Waals surface area contributed by atoms with Crippen molar-refractivity contribution in [3.63, 3.8) is 0 Å². The first-order valence-electron chi connectivity index (χ1n) is 12.3. The van der Waals surface area contributed by atoms with Crippen LogP contribution in [0, 0.1) is 0 Å². The van der Waals surface area contributed by atoms with Crippen LogP contribution in [0.15, 0.2) is 60.0 Å². The average Bonchev–Trinajstić information content (AvgIpc) is 3.64. The van der Waals surface area contributed by atoms with E-state index in [9.17, 15) is 14.4 Å². The third-order valence-corrected chi connectivity index (χ3v) is 7.91. The van der Waals surface area contributed by atoms with E-state index in [1.807, 2.05) is 47.8 Å². The van der Waals surface area contributed by atoms with E-state index in [1.54, 1.807) is 12.1 Å². The molecule has 0 radical (unpaired) electrons. The van der Waals surface area contributed by atoms with Crippen LogP contribution in [0.25, 0.3) is 0 Å². The van der Waals surface area contributed by atoms with Crippen LogP contribution in [0.2, 0.25) is 0 Å². The predicted molar refractivity (Wildman–Crippen MR) is 156 cm³/mol. The van der Waals surface area contributed by atoms with E-state index in [2.05, 4.69) is 9.69 Å². The minimum Gasteiger partial charge on any atom is -0.493 e. The fourth-order valence-corrected chi connectivity index (χ4v) is 5.69. The number of hydrogen-bond donors (Lipinski definition) is 3. The summed E-state index contributed by atoms with van der Waals surface area (Å²) in [6.07, 6.45) is 0. The Balaban J connectivity index is 1.86. The standard InChI is InChI=1S/C28H29N5O6S2/c1-37-19-12-17(13-20(38-2)24(19)39-3)23(27(35)31-14-16-8-5-4-6-9-16)33(15-18-10-7-11-40-18)28(36)25-21(29)22(26(30)34)32-41-25/h4-13,23H,14-15,29H2,1-3H3,(H2,30,34)(H,31,35). The molecule has 13 heteroatoms. The summed E-state index contributed by atoms with van der Waals surface area (Å²) < 4.78 is 20.5. The quantitative estimate of drug-likeness (QED) is 0.224. The molecule has 4 rings (SSSR count). The molecule has 214 valence electrons. The Morgan fingerprint density at radius 1 is 1.00 bits per heavy atom. The van der Waals surface area contributed by atoms with Gasteiger partial charge in [0.1, 0.15) is 10.9 Å². The molecule has 1 unspecified atom stereocenters. The molecule has 3 amide bonds. The van der Waals surface area contributed by atoms with E-state index in [4.69, 9.17) is 25.7 Å². The molecule has 2 heterocycles. The molecular weight excluding hydrogens is 566 g/mol. The number of primary amides is 1. The van der Waals surface area contributed by atoms with Crippen LogP contribution in [0.3, 0.4) is 0 Å². The molecule has 0 saturated heterocycles.